The summed E-state index contributed by atoms with van der Waals surface area (Å²) in [5, 5.41) is 5.44. The fourth-order valence-corrected chi connectivity index (χ4v) is 6.72. The molecule has 0 saturated carbocycles. The van der Waals surface area contributed by atoms with Crippen molar-refractivity contribution in [3.8, 4) is 0 Å². The van der Waals surface area contributed by atoms with E-state index < -0.39 is 74.2 Å². The van der Waals surface area contributed by atoms with Gasteiger partial charge in [-0.1, -0.05) is 27.7 Å². The van der Waals surface area contributed by atoms with Crippen LogP contribution < -0.4 is 21.6 Å². The first-order valence-electron chi connectivity index (χ1n) is 13.5. The van der Waals surface area contributed by atoms with Crippen molar-refractivity contribution in [2.75, 3.05) is 26.6 Å². The van der Waals surface area contributed by atoms with Gasteiger partial charge in [0.15, 0.2) is 17.9 Å². The first-order chi connectivity index (χ1) is 19.6. The highest BCUT2D eigenvalue weighted by Gasteiger charge is 2.64. The van der Waals surface area contributed by atoms with Crippen LogP contribution in [-0.2, 0) is 42.4 Å². The Morgan fingerprint density at radius 3 is 2.12 bits per heavy atom. The largest absolute Gasteiger partial charge is 0.509 e. The lowest BCUT2D eigenvalue weighted by molar-refractivity contribution is -0.143. The van der Waals surface area contributed by atoms with Crippen molar-refractivity contribution in [1.29, 1.82) is 0 Å². The predicted octanol–water partition coefficient (Wildman–Crippen LogP) is 1.50. The first-order valence-corrected chi connectivity index (χ1v) is 15.1. The van der Waals surface area contributed by atoms with Gasteiger partial charge in [-0.25, -0.2) is 19.8 Å². The molecule has 0 radical (unpaired) electrons. The van der Waals surface area contributed by atoms with Crippen LogP contribution in [0.2, 0.25) is 0 Å². The van der Waals surface area contributed by atoms with Crippen LogP contribution in [0.15, 0.2) is 17.1 Å². The van der Waals surface area contributed by atoms with Crippen molar-refractivity contribution < 1.29 is 47.2 Å². The maximum Gasteiger partial charge on any atom is 0.509 e. The van der Waals surface area contributed by atoms with Gasteiger partial charge in [-0.2, -0.15) is 4.98 Å². The third-order valence-corrected chi connectivity index (χ3v) is 8.60. The second-order valence-corrected chi connectivity index (χ2v) is 13.0. The topological polar surface area (TPSA) is 209 Å². The van der Waals surface area contributed by atoms with E-state index in [1.165, 1.54) is 33.4 Å². The van der Waals surface area contributed by atoms with Gasteiger partial charge in [0.05, 0.1) is 20.8 Å². The van der Waals surface area contributed by atoms with Crippen LogP contribution in [-0.4, -0.2) is 78.4 Å². The van der Waals surface area contributed by atoms with Crippen LogP contribution in [0.4, 0.5) is 10.6 Å². The zero-order valence-electron chi connectivity index (χ0n) is 24.7. The van der Waals surface area contributed by atoms with Crippen molar-refractivity contribution in [2.24, 2.45) is 11.8 Å². The van der Waals surface area contributed by atoms with Crippen molar-refractivity contribution in [3.63, 3.8) is 0 Å². The molecule has 2 aliphatic heterocycles. The van der Waals surface area contributed by atoms with Gasteiger partial charge >= 0.3 is 31.5 Å². The number of hydrogen-bond acceptors (Lipinski definition) is 13. The smallest absolute Gasteiger partial charge is 0.468 e. The minimum Gasteiger partial charge on any atom is -0.468 e. The highest BCUT2D eigenvalue weighted by Crippen LogP contribution is 2.48. The molecule has 1 aromatic rings. The van der Waals surface area contributed by atoms with Gasteiger partial charge < -0.3 is 33.9 Å². The number of nitrogens with zero attached hydrogens (tertiary/aromatic N) is 2. The summed E-state index contributed by atoms with van der Waals surface area (Å²) in [5.41, 5.74) is 3.36. The Hall–Kier alpha value is -3.04. The fourth-order valence-electron chi connectivity index (χ4n) is 4.89. The van der Waals surface area contributed by atoms with E-state index >= 15 is 0 Å². The average molecular weight is 618 g/mol. The van der Waals surface area contributed by atoms with Crippen LogP contribution in [0.3, 0.4) is 0 Å². The van der Waals surface area contributed by atoms with E-state index in [2.05, 4.69) is 15.2 Å². The van der Waals surface area contributed by atoms with Gasteiger partial charge in [-0.05, 0) is 37.7 Å². The molecule has 0 aliphatic carbocycles. The van der Waals surface area contributed by atoms with Crippen LogP contribution in [0.5, 0.6) is 0 Å². The van der Waals surface area contributed by atoms with Crippen molar-refractivity contribution in [3.05, 3.63) is 22.7 Å². The molecule has 3 rings (SSSR count). The van der Waals surface area contributed by atoms with E-state index in [9.17, 15) is 23.7 Å². The molecule has 4 N–H and O–H groups in total. The van der Waals surface area contributed by atoms with Gasteiger partial charge in [-0.3, -0.25) is 18.7 Å². The van der Waals surface area contributed by atoms with E-state index in [-0.39, 0.29) is 30.5 Å². The molecule has 6 unspecified atom stereocenters. The molecule has 3 heterocycles. The average Bonchev–Trinajstić information content (AvgIpc) is 3.34. The summed E-state index contributed by atoms with van der Waals surface area (Å²) in [5.74, 6) is -1.42. The summed E-state index contributed by atoms with van der Waals surface area (Å²) in [6, 6.07) is -0.767. The Morgan fingerprint density at radius 2 is 1.64 bits per heavy atom. The Labute approximate surface area is 243 Å². The summed E-state index contributed by atoms with van der Waals surface area (Å²) < 4.78 is 47.9. The third kappa shape index (κ3) is 7.67. The summed E-state index contributed by atoms with van der Waals surface area (Å²) in [7, 11) is -1.88. The fraction of sp³-hybridized carbons (Fsp3) is 0.720. The second-order valence-electron chi connectivity index (χ2n) is 11.2. The van der Waals surface area contributed by atoms with E-state index in [0.717, 1.165) is 4.57 Å². The van der Waals surface area contributed by atoms with Gasteiger partial charge in [0.2, 0.25) is 0 Å². The number of nitrogen functional groups attached to an aromatic ring is 1. The van der Waals surface area contributed by atoms with E-state index in [1.54, 1.807) is 0 Å². The number of hydrogen-bond donors (Lipinski definition) is 3. The lowest BCUT2D eigenvalue weighted by Crippen LogP contribution is -2.46. The number of nitrogens with one attached hydrogen (secondary N) is 2. The molecule has 1 aromatic heterocycles. The number of aromatic nitrogens is 2. The molecule has 2 fully saturated rings. The zero-order chi connectivity index (χ0) is 31.4. The SMILES string of the molecule is COC(=O)C(CC(C)C)NP(=O)(NC(CC(C)C)C(=O)OC)OCC1OC(n2ccc(N)nc2=O)C2(C)OC(=O)OC12. The molecule has 6 atom stereocenters. The molecule has 236 valence electrons. The molecule has 42 heavy (non-hydrogen) atoms. The number of fused-ring (bicyclic) bond motifs is 1. The van der Waals surface area contributed by atoms with Crippen LogP contribution in [0.25, 0.3) is 0 Å². The first kappa shape index (κ1) is 33.5. The van der Waals surface area contributed by atoms with Crippen molar-refractivity contribution in [2.45, 2.75) is 83.6 Å². The van der Waals surface area contributed by atoms with Crippen LogP contribution >= 0.6 is 7.67 Å². The van der Waals surface area contributed by atoms with Crippen molar-refractivity contribution in [1.82, 2.24) is 19.7 Å². The maximum absolute atomic E-state index is 14.3. The van der Waals surface area contributed by atoms with E-state index in [1.807, 2.05) is 27.7 Å². The quantitative estimate of drug-likeness (QED) is 0.153. The molecule has 2 aliphatic rings. The number of ether oxygens (including phenoxy) is 5. The summed E-state index contributed by atoms with van der Waals surface area (Å²) in [6.45, 7) is 8.49. The number of nitrogens with two attached hydrogens (primary N) is 1. The molecule has 17 heteroatoms. The number of methoxy groups -OCH3 is 2. The van der Waals surface area contributed by atoms with Crippen LogP contribution in [0.1, 0.15) is 53.7 Å². The second kappa shape index (κ2) is 13.5. The predicted molar refractivity (Wildman–Crippen MR) is 147 cm³/mol. The normalized spacial score (nSPS) is 26.2. The standard InChI is InChI=1S/C25H40N5O11P/c1-13(2)10-15(20(31)36-6)28-42(35,29-16(11-14(3)4)21(32)37-7)38-12-17-19-25(5,41-24(34)40-19)22(39-17)30-9-8-18(26)27-23(30)33/h8-9,13-17,19,22H,10-12H2,1-7H3,(H2,26,27,33)(H2,28,29,35). The third-order valence-electron chi connectivity index (χ3n) is 6.79. The van der Waals surface area contributed by atoms with Crippen molar-refractivity contribution >= 4 is 31.6 Å². The molecule has 0 aromatic carbocycles. The van der Waals surface area contributed by atoms with E-state index in [0.29, 0.717) is 0 Å². The molecule has 16 nitrogen and oxygen atoms in total. The van der Waals surface area contributed by atoms with Gasteiger partial charge in [0.1, 0.15) is 24.0 Å². The molecule has 0 amide bonds. The summed E-state index contributed by atoms with van der Waals surface area (Å²) >= 11 is 0. The highest BCUT2D eigenvalue weighted by atomic mass is 31.2. The number of anilines is 1. The van der Waals surface area contributed by atoms with Crippen LogP contribution in [0, 0.1) is 11.8 Å². The maximum atomic E-state index is 14.3. The number of carbonyl (C=O) groups excluding carboxylic acids is 3. The summed E-state index contributed by atoms with van der Waals surface area (Å²) in [6.07, 6.45) is -2.59. The monoisotopic (exact) mass is 617 g/mol. The van der Waals surface area contributed by atoms with E-state index in [4.69, 9.17) is 33.9 Å². The van der Waals surface area contributed by atoms with Gasteiger partial charge in [0, 0.05) is 6.20 Å². The lowest BCUT2D eigenvalue weighted by Gasteiger charge is -2.30. The molecule has 0 spiro atoms. The minimum absolute atomic E-state index is 0.0105. The molecule has 2 saturated heterocycles. The number of rotatable bonds is 14. The minimum atomic E-state index is -4.27. The molecular weight excluding hydrogens is 577 g/mol. The Bertz CT molecular complexity index is 1220. The highest BCUT2D eigenvalue weighted by molar-refractivity contribution is 7.54. The van der Waals surface area contributed by atoms with Gasteiger partial charge in [0.25, 0.3) is 0 Å². The summed E-state index contributed by atoms with van der Waals surface area (Å²) in [4.78, 5) is 53.7. The number of carbonyl (C=O) groups is 3. The molecule has 0 bridgehead atoms. The Kier molecular flexibility index (Phi) is 10.8. The Morgan fingerprint density at radius 1 is 1.10 bits per heavy atom. The lowest BCUT2D eigenvalue weighted by atomic mass is 9.96. The Balaban J connectivity index is 1.93. The van der Waals surface area contributed by atoms with Gasteiger partial charge in [-0.15, -0.1) is 0 Å². The number of esters is 2. The molecular formula is C25H40N5O11P. The zero-order valence-corrected chi connectivity index (χ0v) is 25.6.